The van der Waals surface area contributed by atoms with E-state index in [2.05, 4.69) is 10.0 Å². The predicted octanol–water partition coefficient (Wildman–Crippen LogP) is 6.30. The number of ether oxygens (including phenoxy) is 2. The third kappa shape index (κ3) is 7.24. The van der Waals surface area contributed by atoms with Gasteiger partial charge in [0.05, 0.1) is 35.0 Å². The normalized spacial score (nSPS) is 12.5. The number of alkyl halides is 3. The lowest BCUT2D eigenvalue weighted by atomic mass is 10.2. The Balaban J connectivity index is 1.67. The summed E-state index contributed by atoms with van der Waals surface area (Å²) < 4.78 is 77.1. The van der Waals surface area contributed by atoms with E-state index in [0.717, 1.165) is 17.0 Å². The minimum Gasteiger partial charge on any atom is -0.493 e. The molecule has 0 saturated heterocycles. The number of thioether (sulfide) groups is 1. The number of carbonyl (C=O) groups excluding carboxylic acids is 1. The second-order valence-corrected chi connectivity index (χ2v) is 11.1. The Labute approximate surface area is 221 Å². The molecule has 3 rings (SSSR count). The molecule has 7 nitrogen and oxygen atoms in total. The van der Waals surface area contributed by atoms with Gasteiger partial charge in [-0.25, -0.2) is 8.42 Å². The lowest BCUT2D eigenvalue weighted by Gasteiger charge is -2.15. The van der Waals surface area contributed by atoms with E-state index < -0.39 is 32.0 Å². The summed E-state index contributed by atoms with van der Waals surface area (Å²) in [6.45, 7) is 1.71. The maximum absolute atomic E-state index is 13.1. The number of benzene rings is 3. The number of sulfonamides is 1. The van der Waals surface area contributed by atoms with Crippen LogP contribution in [0.3, 0.4) is 0 Å². The number of methoxy groups -OCH3 is 2. The van der Waals surface area contributed by atoms with Crippen molar-refractivity contribution in [3.63, 3.8) is 0 Å². The van der Waals surface area contributed by atoms with Crippen molar-refractivity contribution in [1.82, 2.24) is 0 Å². The summed E-state index contributed by atoms with van der Waals surface area (Å²) >= 11 is 6.87. The van der Waals surface area contributed by atoms with Crippen LogP contribution in [0.25, 0.3) is 0 Å². The second kappa shape index (κ2) is 11.5. The molecule has 198 valence electrons. The average molecular weight is 575 g/mol. The number of amides is 1. The Morgan fingerprint density at radius 3 is 2.16 bits per heavy atom. The third-order valence-corrected chi connectivity index (χ3v) is 7.81. The Bertz CT molecular complexity index is 1380. The molecule has 3 aromatic rings. The van der Waals surface area contributed by atoms with Gasteiger partial charge < -0.3 is 14.8 Å². The van der Waals surface area contributed by atoms with Gasteiger partial charge >= 0.3 is 6.18 Å². The summed E-state index contributed by atoms with van der Waals surface area (Å²) in [6, 6.07) is 13.2. The van der Waals surface area contributed by atoms with Crippen molar-refractivity contribution in [3.05, 3.63) is 71.2 Å². The van der Waals surface area contributed by atoms with Crippen LogP contribution < -0.4 is 19.5 Å². The monoisotopic (exact) mass is 574 g/mol. The van der Waals surface area contributed by atoms with Gasteiger partial charge in [0.1, 0.15) is 0 Å². The molecular weight excluding hydrogens is 553 g/mol. The van der Waals surface area contributed by atoms with E-state index in [4.69, 9.17) is 21.1 Å². The van der Waals surface area contributed by atoms with Crippen molar-refractivity contribution >= 4 is 50.7 Å². The number of carbonyl (C=O) groups is 1. The summed E-state index contributed by atoms with van der Waals surface area (Å²) in [7, 11) is -1.17. The van der Waals surface area contributed by atoms with Crippen LogP contribution in [-0.2, 0) is 21.0 Å². The SMILES string of the molecule is COc1ccc(S[C@H](C)C(=O)Nc2ccc(S(=O)(=O)Nc3ccc(Cl)c(C(F)(F)F)c3)cc2)cc1OC. The van der Waals surface area contributed by atoms with E-state index in [1.54, 1.807) is 25.1 Å². The molecule has 0 aliphatic rings. The van der Waals surface area contributed by atoms with Gasteiger partial charge in [0.15, 0.2) is 11.5 Å². The second-order valence-electron chi connectivity index (χ2n) is 7.59. The van der Waals surface area contributed by atoms with E-state index in [0.29, 0.717) is 23.3 Å². The predicted molar refractivity (Wildman–Crippen MR) is 137 cm³/mol. The van der Waals surface area contributed by atoms with Gasteiger partial charge in [-0.15, -0.1) is 11.8 Å². The van der Waals surface area contributed by atoms with E-state index in [1.807, 2.05) is 0 Å². The fourth-order valence-electron chi connectivity index (χ4n) is 3.13. The number of hydrogen-bond acceptors (Lipinski definition) is 6. The number of hydrogen-bond donors (Lipinski definition) is 2. The van der Waals surface area contributed by atoms with Crippen molar-refractivity contribution in [1.29, 1.82) is 0 Å². The summed E-state index contributed by atoms with van der Waals surface area (Å²) in [5, 5.41) is 1.65. The first kappa shape index (κ1) is 28.5. The fourth-order valence-corrected chi connectivity index (χ4v) is 5.30. The zero-order valence-corrected chi connectivity index (χ0v) is 22.1. The van der Waals surface area contributed by atoms with Gasteiger partial charge in [-0.1, -0.05) is 11.6 Å². The smallest absolute Gasteiger partial charge is 0.417 e. The Morgan fingerprint density at radius 1 is 0.946 bits per heavy atom. The highest BCUT2D eigenvalue weighted by Crippen LogP contribution is 2.37. The van der Waals surface area contributed by atoms with Crippen LogP contribution in [-0.4, -0.2) is 33.8 Å². The molecule has 0 aromatic heterocycles. The average Bonchev–Trinajstić information content (AvgIpc) is 2.84. The van der Waals surface area contributed by atoms with Crippen molar-refractivity contribution < 1.29 is 35.9 Å². The highest BCUT2D eigenvalue weighted by atomic mass is 35.5. The van der Waals surface area contributed by atoms with Crippen molar-refractivity contribution in [3.8, 4) is 11.5 Å². The molecule has 0 bridgehead atoms. The first-order valence-corrected chi connectivity index (χ1v) is 13.3. The molecule has 0 aliphatic heterocycles. The molecule has 3 aromatic carbocycles. The van der Waals surface area contributed by atoms with Crippen molar-refractivity contribution in [2.45, 2.75) is 28.1 Å². The van der Waals surface area contributed by atoms with E-state index in [1.165, 1.54) is 50.2 Å². The molecule has 1 atom stereocenters. The molecular formula is C24H22ClF3N2O5S2. The van der Waals surface area contributed by atoms with Crippen LogP contribution in [0.4, 0.5) is 24.5 Å². The van der Waals surface area contributed by atoms with Crippen LogP contribution in [0.1, 0.15) is 12.5 Å². The molecule has 0 radical (unpaired) electrons. The van der Waals surface area contributed by atoms with Crippen molar-refractivity contribution in [2.24, 2.45) is 0 Å². The van der Waals surface area contributed by atoms with Gasteiger partial charge in [-0.3, -0.25) is 9.52 Å². The fraction of sp³-hybridized carbons (Fsp3) is 0.208. The quantitative estimate of drug-likeness (QED) is 0.292. The zero-order valence-electron chi connectivity index (χ0n) is 19.7. The number of halogens is 4. The molecule has 0 spiro atoms. The molecule has 0 unspecified atom stereocenters. The van der Waals surface area contributed by atoms with Crippen LogP contribution in [0.2, 0.25) is 5.02 Å². The lowest BCUT2D eigenvalue weighted by Crippen LogP contribution is -2.22. The molecule has 0 fully saturated rings. The molecule has 0 saturated carbocycles. The lowest BCUT2D eigenvalue weighted by molar-refractivity contribution is -0.137. The largest absolute Gasteiger partial charge is 0.493 e. The first-order chi connectivity index (χ1) is 17.3. The highest BCUT2D eigenvalue weighted by Gasteiger charge is 2.33. The minimum absolute atomic E-state index is 0.207. The highest BCUT2D eigenvalue weighted by molar-refractivity contribution is 8.00. The molecule has 2 N–H and O–H groups in total. The standard InChI is InChI=1S/C24H22ClF3N2O5S2/c1-14(36-17-7-11-21(34-2)22(13-17)35-3)23(31)29-15-4-8-18(9-5-15)37(32,33)30-16-6-10-20(25)19(12-16)24(26,27)28/h4-14,30H,1-3H3,(H,29,31)/t14-/m1/s1. The molecule has 1 amide bonds. The number of nitrogens with one attached hydrogen (secondary N) is 2. The van der Waals surface area contributed by atoms with E-state index >= 15 is 0 Å². The molecule has 0 heterocycles. The maximum Gasteiger partial charge on any atom is 0.417 e. The van der Waals surface area contributed by atoms with Crippen LogP contribution >= 0.6 is 23.4 Å². The van der Waals surface area contributed by atoms with Crippen LogP contribution in [0.5, 0.6) is 11.5 Å². The van der Waals surface area contributed by atoms with Crippen molar-refractivity contribution in [2.75, 3.05) is 24.3 Å². The summed E-state index contributed by atoms with van der Waals surface area (Å²) in [5.41, 5.74) is -1.11. The molecule has 37 heavy (non-hydrogen) atoms. The summed E-state index contributed by atoms with van der Waals surface area (Å²) in [4.78, 5) is 13.2. The zero-order chi connectivity index (χ0) is 27.4. The summed E-state index contributed by atoms with van der Waals surface area (Å²) in [6.07, 6.45) is -4.74. The Kier molecular flexibility index (Phi) is 8.88. The van der Waals surface area contributed by atoms with Gasteiger partial charge in [0.25, 0.3) is 10.0 Å². The van der Waals surface area contributed by atoms with Gasteiger partial charge in [0, 0.05) is 16.3 Å². The minimum atomic E-state index is -4.74. The van der Waals surface area contributed by atoms with Crippen LogP contribution in [0.15, 0.2) is 70.5 Å². The van der Waals surface area contributed by atoms with E-state index in [9.17, 15) is 26.4 Å². The topological polar surface area (TPSA) is 93.7 Å². The third-order valence-electron chi connectivity index (χ3n) is 4.99. The first-order valence-electron chi connectivity index (χ1n) is 10.5. The van der Waals surface area contributed by atoms with Gasteiger partial charge in [-0.05, 0) is 67.6 Å². The number of rotatable bonds is 9. The van der Waals surface area contributed by atoms with Gasteiger partial charge in [-0.2, -0.15) is 13.2 Å². The number of anilines is 2. The summed E-state index contributed by atoms with van der Waals surface area (Å²) in [5.74, 6) is 0.762. The molecule has 13 heteroatoms. The molecule has 0 aliphatic carbocycles. The van der Waals surface area contributed by atoms with Crippen LogP contribution in [0, 0.1) is 0 Å². The Hall–Kier alpha value is -3.09. The van der Waals surface area contributed by atoms with E-state index in [-0.39, 0.29) is 16.5 Å². The Morgan fingerprint density at radius 2 is 1.57 bits per heavy atom. The van der Waals surface area contributed by atoms with Gasteiger partial charge in [0.2, 0.25) is 5.91 Å². The maximum atomic E-state index is 13.1.